The van der Waals surface area contributed by atoms with Crippen LogP contribution in [0.1, 0.15) is 42.9 Å². The lowest BCUT2D eigenvalue weighted by Crippen LogP contribution is -2.50. The molecule has 0 bridgehead atoms. The highest BCUT2D eigenvalue weighted by molar-refractivity contribution is 6.19. The summed E-state index contributed by atoms with van der Waals surface area (Å²) in [6.45, 7) is 4.01. The predicted octanol–water partition coefficient (Wildman–Crippen LogP) is 3.97. The Morgan fingerprint density at radius 2 is 1.91 bits per heavy atom. The molecular formula is C26H24N4O2. The van der Waals surface area contributed by atoms with E-state index in [4.69, 9.17) is 5.73 Å². The Kier molecular flexibility index (Phi) is 4.45. The van der Waals surface area contributed by atoms with Gasteiger partial charge in [0.2, 0.25) is 5.91 Å². The Balaban J connectivity index is 1.85. The zero-order valence-corrected chi connectivity index (χ0v) is 18.2. The number of aryl methyl sites for hydroxylation is 2. The summed E-state index contributed by atoms with van der Waals surface area (Å²) in [4.78, 5) is 28.8. The number of nitrogens with zero attached hydrogens (tertiary/aromatic N) is 2. The summed E-state index contributed by atoms with van der Waals surface area (Å²) in [5.74, 6) is -0.290. The normalized spacial score (nSPS) is 22.1. The molecule has 3 N–H and O–H groups in total. The number of carbonyl (C=O) groups is 2. The van der Waals surface area contributed by atoms with Gasteiger partial charge in [0.1, 0.15) is 17.3 Å². The molecule has 0 aromatic heterocycles. The van der Waals surface area contributed by atoms with Gasteiger partial charge in [0, 0.05) is 34.6 Å². The molecule has 1 spiro atoms. The maximum absolute atomic E-state index is 13.6. The van der Waals surface area contributed by atoms with E-state index in [-0.39, 0.29) is 23.1 Å². The molecule has 32 heavy (non-hydrogen) atoms. The smallest absolute Gasteiger partial charge is 0.245 e. The Morgan fingerprint density at radius 1 is 1.16 bits per heavy atom. The Morgan fingerprint density at radius 3 is 2.59 bits per heavy atom. The highest BCUT2D eigenvalue weighted by Crippen LogP contribution is 2.55. The van der Waals surface area contributed by atoms with E-state index in [0.29, 0.717) is 41.8 Å². The number of benzene rings is 2. The first-order valence-corrected chi connectivity index (χ1v) is 10.9. The predicted molar refractivity (Wildman–Crippen MR) is 122 cm³/mol. The molecule has 6 nitrogen and oxygen atoms in total. The molecule has 1 amide bonds. The molecule has 2 aromatic rings. The third-order valence-corrected chi connectivity index (χ3v) is 6.78. The Labute approximate surface area is 187 Å². The van der Waals surface area contributed by atoms with Crippen LogP contribution in [0.5, 0.6) is 0 Å². The number of Topliss-reactive ketones (excluding diaryl/α,β-unsaturated/α-hetero) is 1. The fourth-order valence-corrected chi connectivity index (χ4v) is 5.28. The van der Waals surface area contributed by atoms with E-state index in [0.717, 1.165) is 17.7 Å². The summed E-state index contributed by atoms with van der Waals surface area (Å²) < 4.78 is 0. The lowest BCUT2D eigenvalue weighted by atomic mass is 9.63. The molecule has 2 heterocycles. The second-order valence-electron chi connectivity index (χ2n) is 8.58. The van der Waals surface area contributed by atoms with Crippen molar-refractivity contribution in [2.24, 2.45) is 5.73 Å². The number of anilines is 2. The lowest BCUT2D eigenvalue weighted by molar-refractivity contribution is -0.122. The molecule has 6 heteroatoms. The van der Waals surface area contributed by atoms with Crippen molar-refractivity contribution in [3.63, 3.8) is 0 Å². The van der Waals surface area contributed by atoms with Crippen LogP contribution in [-0.2, 0) is 21.4 Å². The monoisotopic (exact) mass is 424 g/mol. The Hall–Kier alpha value is -3.85. The van der Waals surface area contributed by atoms with Gasteiger partial charge in [-0.3, -0.25) is 14.5 Å². The topological polar surface area (TPSA) is 99.2 Å². The molecule has 3 aliphatic rings. The number of amides is 1. The van der Waals surface area contributed by atoms with E-state index in [1.807, 2.05) is 49.4 Å². The van der Waals surface area contributed by atoms with Gasteiger partial charge in [0.15, 0.2) is 5.78 Å². The van der Waals surface area contributed by atoms with Crippen LogP contribution < -0.4 is 16.0 Å². The molecule has 2 aliphatic heterocycles. The van der Waals surface area contributed by atoms with Gasteiger partial charge in [0.05, 0.1) is 5.57 Å². The van der Waals surface area contributed by atoms with Crippen LogP contribution in [0.3, 0.4) is 0 Å². The first kappa shape index (κ1) is 20.1. The van der Waals surface area contributed by atoms with Crippen molar-refractivity contribution in [3.8, 4) is 6.07 Å². The second kappa shape index (κ2) is 7.10. The molecule has 0 saturated heterocycles. The van der Waals surface area contributed by atoms with Gasteiger partial charge in [-0.15, -0.1) is 0 Å². The van der Waals surface area contributed by atoms with Gasteiger partial charge in [-0.05, 0) is 49.9 Å². The number of ketones is 1. The van der Waals surface area contributed by atoms with Crippen LogP contribution in [0.4, 0.5) is 11.4 Å². The number of hydrogen-bond acceptors (Lipinski definition) is 5. The van der Waals surface area contributed by atoms with Gasteiger partial charge in [-0.25, -0.2) is 0 Å². The van der Waals surface area contributed by atoms with Crippen molar-refractivity contribution in [1.29, 1.82) is 5.26 Å². The molecule has 5 rings (SSSR count). The maximum atomic E-state index is 13.6. The van der Waals surface area contributed by atoms with E-state index in [1.54, 1.807) is 4.90 Å². The number of nitriles is 1. The number of fused-ring (bicyclic) bond motifs is 3. The number of rotatable bonds is 2. The largest absolute Gasteiger partial charge is 0.384 e. The molecule has 1 aliphatic carbocycles. The van der Waals surface area contributed by atoms with E-state index in [2.05, 4.69) is 18.3 Å². The summed E-state index contributed by atoms with van der Waals surface area (Å²) in [5, 5.41) is 13.2. The van der Waals surface area contributed by atoms with Gasteiger partial charge in [-0.2, -0.15) is 5.26 Å². The summed E-state index contributed by atoms with van der Waals surface area (Å²) in [6, 6.07) is 15.8. The highest BCUT2D eigenvalue weighted by atomic mass is 16.2. The lowest BCUT2D eigenvalue weighted by Gasteiger charge is -2.43. The van der Waals surface area contributed by atoms with Gasteiger partial charge < -0.3 is 11.1 Å². The number of nitrogens with two attached hydrogens (primary N) is 1. The van der Waals surface area contributed by atoms with Crippen LogP contribution in [0.2, 0.25) is 0 Å². The molecule has 2 aromatic carbocycles. The van der Waals surface area contributed by atoms with Crippen molar-refractivity contribution in [3.05, 3.63) is 81.8 Å². The minimum absolute atomic E-state index is 0.105. The quantitative estimate of drug-likeness (QED) is 0.760. The third-order valence-electron chi connectivity index (χ3n) is 6.78. The molecule has 0 fully saturated rings. The number of carbonyl (C=O) groups excluding carboxylic acids is 2. The molecule has 0 saturated carbocycles. The van der Waals surface area contributed by atoms with Gasteiger partial charge in [0.25, 0.3) is 0 Å². The summed E-state index contributed by atoms with van der Waals surface area (Å²) in [6.07, 6.45) is 2.53. The van der Waals surface area contributed by atoms with Crippen LogP contribution >= 0.6 is 0 Å². The van der Waals surface area contributed by atoms with Crippen LogP contribution in [0, 0.1) is 18.3 Å². The second-order valence-corrected chi connectivity index (χ2v) is 8.58. The molecule has 0 unspecified atom stereocenters. The number of allylic oxidation sites excluding steroid dienone is 1. The maximum Gasteiger partial charge on any atom is 0.245 e. The van der Waals surface area contributed by atoms with E-state index < -0.39 is 5.41 Å². The van der Waals surface area contributed by atoms with Crippen molar-refractivity contribution in [1.82, 2.24) is 0 Å². The Bertz CT molecular complexity index is 1280. The minimum atomic E-state index is -1.51. The van der Waals surface area contributed by atoms with E-state index >= 15 is 0 Å². The van der Waals surface area contributed by atoms with Crippen LogP contribution in [0.25, 0.3) is 0 Å². The third kappa shape index (κ3) is 2.51. The molecule has 1 atom stereocenters. The summed E-state index contributed by atoms with van der Waals surface area (Å²) in [7, 11) is 0. The first-order chi connectivity index (χ1) is 15.4. The highest BCUT2D eigenvalue weighted by Gasteiger charge is 2.60. The average molecular weight is 425 g/mol. The van der Waals surface area contributed by atoms with Crippen LogP contribution in [0.15, 0.2) is 65.1 Å². The fraction of sp³-hybridized carbons (Fsp3) is 0.269. The molecular weight excluding hydrogens is 400 g/mol. The number of nitrogens with one attached hydrogen (secondary N) is 1. The molecule has 160 valence electrons. The van der Waals surface area contributed by atoms with Crippen molar-refractivity contribution < 1.29 is 9.59 Å². The zero-order valence-electron chi connectivity index (χ0n) is 18.2. The van der Waals surface area contributed by atoms with Gasteiger partial charge in [-0.1, -0.05) is 36.8 Å². The summed E-state index contributed by atoms with van der Waals surface area (Å²) >= 11 is 0. The fourth-order valence-electron chi connectivity index (χ4n) is 5.28. The van der Waals surface area contributed by atoms with Crippen molar-refractivity contribution in [2.45, 2.75) is 44.9 Å². The minimum Gasteiger partial charge on any atom is -0.384 e. The van der Waals surface area contributed by atoms with Gasteiger partial charge >= 0.3 is 0 Å². The van der Waals surface area contributed by atoms with E-state index in [1.165, 1.54) is 5.56 Å². The first-order valence-electron chi connectivity index (χ1n) is 10.9. The zero-order chi connectivity index (χ0) is 22.6. The van der Waals surface area contributed by atoms with Crippen molar-refractivity contribution >= 4 is 23.1 Å². The average Bonchev–Trinajstić information content (AvgIpc) is 3.06. The SMILES string of the molecule is CCc1ccc(N2C(N)=C(C#N)[C@]3(C(=O)Nc4ccc(C)cc43)C3=C2CCCC3=O)cc1. The van der Waals surface area contributed by atoms with Crippen LogP contribution in [-0.4, -0.2) is 11.7 Å². The van der Waals surface area contributed by atoms with E-state index in [9.17, 15) is 14.9 Å². The number of hydrogen-bond donors (Lipinski definition) is 2. The van der Waals surface area contributed by atoms with Crippen molar-refractivity contribution in [2.75, 3.05) is 10.2 Å². The molecule has 0 radical (unpaired) electrons. The standard InChI is InChI=1S/C26H24N4O2/c1-3-16-8-10-17(11-9-16)30-21-5-4-6-22(31)23(21)26(19(14-27)24(30)28)18-13-15(2)7-12-20(18)29-25(26)32/h7-13H,3-6,28H2,1-2H3,(H,29,32)/t26-/m0/s1. The summed E-state index contributed by atoms with van der Waals surface area (Å²) in [5.41, 5.74) is 10.5.